The predicted octanol–water partition coefficient (Wildman–Crippen LogP) is 13.0. The van der Waals surface area contributed by atoms with Gasteiger partial charge in [0.05, 0.1) is 11.0 Å². The first kappa shape index (κ1) is 32.2. The van der Waals surface area contributed by atoms with Crippen molar-refractivity contribution in [1.29, 1.82) is 0 Å². The average molecular weight is 703 g/mol. The highest BCUT2D eigenvalue weighted by molar-refractivity contribution is 6.17. The molecule has 10 rings (SSSR count). The van der Waals surface area contributed by atoms with Crippen LogP contribution >= 0.6 is 0 Å². The van der Waals surface area contributed by atoms with Crippen LogP contribution in [0.4, 0.5) is 0 Å². The summed E-state index contributed by atoms with van der Waals surface area (Å²) in [7, 11) is 0. The molecule has 0 aliphatic rings. The third kappa shape index (κ3) is 6.06. The summed E-state index contributed by atoms with van der Waals surface area (Å²) in [4.78, 5) is 14.7. The molecule has 0 spiro atoms. The Morgan fingerprint density at radius 2 is 0.691 bits per heavy atom. The molecule has 0 unspecified atom stereocenters. The SMILES string of the molecule is c1ccc(-c2cc(-c3ccccc3)c3c4ccccc4n(-c4ccc(-c5ccc(-c6nc(-c7ccccc7)nc(-c7ccccc7)n6)cc5)cc4)c3c2)cc1. The van der Waals surface area contributed by atoms with E-state index < -0.39 is 0 Å². The van der Waals surface area contributed by atoms with E-state index in [9.17, 15) is 0 Å². The predicted molar refractivity (Wildman–Crippen MR) is 227 cm³/mol. The number of hydrogen-bond acceptors (Lipinski definition) is 3. The van der Waals surface area contributed by atoms with E-state index in [0.717, 1.165) is 33.5 Å². The van der Waals surface area contributed by atoms with Crippen molar-refractivity contribution in [2.75, 3.05) is 0 Å². The van der Waals surface area contributed by atoms with Crippen LogP contribution in [0.25, 0.3) is 95.0 Å². The van der Waals surface area contributed by atoms with Crippen LogP contribution in [-0.2, 0) is 0 Å². The van der Waals surface area contributed by atoms with Gasteiger partial charge in [-0.05, 0) is 63.7 Å². The molecule has 0 atom stereocenters. The van der Waals surface area contributed by atoms with E-state index in [4.69, 9.17) is 15.0 Å². The molecule has 2 heterocycles. The van der Waals surface area contributed by atoms with Crippen molar-refractivity contribution in [3.8, 4) is 73.2 Å². The molecular formula is C51H34N4. The van der Waals surface area contributed by atoms with Gasteiger partial charge in [-0.1, -0.05) is 176 Å². The molecule has 0 aliphatic heterocycles. The molecule has 0 radical (unpaired) electrons. The molecule has 0 amide bonds. The molecule has 10 aromatic rings. The molecule has 55 heavy (non-hydrogen) atoms. The van der Waals surface area contributed by atoms with Crippen molar-refractivity contribution in [3.05, 3.63) is 206 Å². The number of nitrogens with zero attached hydrogens (tertiary/aromatic N) is 4. The molecule has 0 saturated carbocycles. The lowest BCUT2D eigenvalue weighted by Crippen LogP contribution is -2.00. The summed E-state index contributed by atoms with van der Waals surface area (Å²) in [6.45, 7) is 0. The third-order valence-electron chi connectivity index (χ3n) is 10.3. The maximum atomic E-state index is 4.92. The van der Waals surface area contributed by atoms with E-state index in [1.807, 2.05) is 60.7 Å². The van der Waals surface area contributed by atoms with Crippen LogP contribution in [0.15, 0.2) is 206 Å². The van der Waals surface area contributed by atoms with Gasteiger partial charge in [0.2, 0.25) is 0 Å². The van der Waals surface area contributed by atoms with Crippen molar-refractivity contribution in [2.24, 2.45) is 0 Å². The van der Waals surface area contributed by atoms with Gasteiger partial charge in [-0.3, -0.25) is 0 Å². The van der Waals surface area contributed by atoms with Crippen LogP contribution in [-0.4, -0.2) is 19.5 Å². The molecular weight excluding hydrogens is 669 g/mol. The first-order valence-corrected chi connectivity index (χ1v) is 18.5. The maximum absolute atomic E-state index is 4.92. The Labute approximate surface area is 319 Å². The van der Waals surface area contributed by atoms with Gasteiger partial charge < -0.3 is 4.57 Å². The van der Waals surface area contributed by atoms with E-state index in [-0.39, 0.29) is 0 Å². The lowest BCUT2D eigenvalue weighted by molar-refractivity contribution is 1.07. The first-order chi connectivity index (χ1) is 27.3. The van der Waals surface area contributed by atoms with Gasteiger partial charge in [-0.15, -0.1) is 0 Å². The molecule has 0 bridgehead atoms. The summed E-state index contributed by atoms with van der Waals surface area (Å²) in [5.74, 6) is 1.95. The number of para-hydroxylation sites is 1. The Kier molecular flexibility index (Phi) is 8.12. The number of fused-ring (bicyclic) bond motifs is 3. The van der Waals surface area contributed by atoms with E-state index in [1.165, 1.54) is 44.1 Å². The van der Waals surface area contributed by atoms with Crippen molar-refractivity contribution in [3.63, 3.8) is 0 Å². The minimum atomic E-state index is 0.644. The van der Waals surface area contributed by atoms with E-state index >= 15 is 0 Å². The second-order valence-electron chi connectivity index (χ2n) is 13.7. The summed E-state index contributed by atoms with van der Waals surface area (Å²) in [6.07, 6.45) is 0. The highest BCUT2D eigenvalue weighted by Gasteiger charge is 2.18. The van der Waals surface area contributed by atoms with Crippen LogP contribution in [0.5, 0.6) is 0 Å². The fraction of sp³-hybridized carbons (Fsp3) is 0. The van der Waals surface area contributed by atoms with E-state index in [2.05, 4.69) is 150 Å². The summed E-state index contributed by atoms with van der Waals surface area (Å²) in [5, 5.41) is 2.49. The van der Waals surface area contributed by atoms with E-state index in [0.29, 0.717) is 17.5 Å². The Morgan fingerprint density at radius 1 is 0.291 bits per heavy atom. The molecule has 4 nitrogen and oxygen atoms in total. The van der Waals surface area contributed by atoms with Gasteiger partial charge in [0, 0.05) is 33.2 Å². The average Bonchev–Trinajstić information content (AvgIpc) is 3.61. The zero-order chi connectivity index (χ0) is 36.6. The van der Waals surface area contributed by atoms with Gasteiger partial charge in [0.25, 0.3) is 0 Å². The Balaban J connectivity index is 1.05. The number of benzene rings is 8. The molecule has 8 aromatic carbocycles. The Hall–Kier alpha value is -7.43. The van der Waals surface area contributed by atoms with Gasteiger partial charge in [-0.25, -0.2) is 15.0 Å². The van der Waals surface area contributed by atoms with E-state index in [1.54, 1.807) is 0 Å². The zero-order valence-corrected chi connectivity index (χ0v) is 29.9. The molecule has 258 valence electrons. The standard InChI is InChI=1S/C51H34N4/c1-5-15-35(16-6-1)42-33-45(38-17-7-2-8-18-38)48-44-23-13-14-24-46(44)55(47(48)34-42)43-31-29-37(30-32-43)36-25-27-41(28-26-36)51-53-49(39-19-9-3-10-20-39)52-50(54-51)40-21-11-4-12-22-40/h1-34H. The minimum absolute atomic E-state index is 0.644. The lowest BCUT2D eigenvalue weighted by Gasteiger charge is -2.13. The Bertz CT molecular complexity index is 2860. The second kappa shape index (κ2) is 13.8. The highest BCUT2D eigenvalue weighted by Crippen LogP contribution is 2.41. The zero-order valence-electron chi connectivity index (χ0n) is 29.9. The van der Waals surface area contributed by atoms with Crippen LogP contribution in [0, 0.1) is 0 Å². The second-order valence-corrected chi connectivity index (χ2v) is 13.7. The number of hydrogen-bond donors (Lipinski definition) is 0. The highest BCUT2D eigenvalue weighted by atomic mass is 15.0. The molecule has 0 fully saturated rings. The fourth-order valence-corrected chi connectivity index (χ4v) is 7.57. The first-order valence-electron chi connectivity index (χ1n) is 18.5. The lowest BCUT2D eigenvalue weighted by atomic mass is 9.94. The minimum Gasteiger partial charge on any atom is -0.309 e. The number of aromatic nitrogens is 4. The normalized spacial score (nSPS) is 11.3. The molecule has 0 aliphatic carbocycles. The molecule has 0 N–H and O–H groups in total. The quantitative estimate of drug-likeness (QED) is 0.166. The molecule has 2 aromatic heterocycles. The van der Waals surface area contributed by atoms with Crippen LogP contribution in [0.2, 0.25) is 0 Å². The van der Waals surface area contributed by atoms with Gasteiger partial charge in [0.1, 0.15) is 0 Å². The maximum Gasteiger partial charge on any atom is 0.164 e. The third-order valence-corrected chi connectivity index (χ3v) is 10.3. The monoisotopic (exact) mass is 702 g/mol. The largest absolute Gasteiger partial charge is 0.309 e. The van der Waals surface area contributed by atoms with Crippen molar-refractivity contribution < 1.29 is 0 Å². The topological polar surface area (TPSA) is 43.6 Å². The fourth-order valence-electron chi connectivity index (χ4n) is 7.57. The van der Waals surface area contributed by atoms with Crippen molar-refractivity contribution in [2.45, 2.75) is 0 Å². The Morgan fingerprint density at radius 3 is 1.24 bits per heavy atom. The van der Waals surface area contributed by atoms with Gasteiger partial charge in [-0.2, -0.15) is 0 Å². The smallest absolute Gasteiger partial charge is 0.164 e. The van der Waals surface area contributed by atoms with Gasteiger partial charge >= 0.3 is 0 Å². The summed E-state index contributed by atoms with van der Waals surface area (Å²) in [6, 6.07) is 72.4. The van der Waals surface area contributed by atoms with Crippen LogP contribution in [0.1, 0.15) is 0 Å². The summed E-state index contributed by atoms with van der Waals surface area (Å²) >= 11 is 0. The van der Waals surface area contributed by atoms with Crippen molar-refractivity contribution >= 4 is 21.8 Å². The molecule has 0 saturated heterocycles. The molecule has 4 heteroatoms. The summed E-state index contributed by atoms with van der Waals surface area (Å²) < 4.78 is 2.41. The van der Waals surface area contributed by atoms with Gasteiger partial charge in [0.15, 0.2) is 17.5 Å². The summed E-state index contributed by atoms with van der Waals surface area (Å²) in [5.41, 5.74) is 13.4. The van der Waals surface area contributed by atoms with Crippen LogP contribution < -0.4 is 0 Å². The number of rotatable bonds is 7. The van der Waals surface area contributed by atoms with Crippen LogP contribution in [0.3, 0.4) is 0 Å². The van der Waals surface area contributed by atoms with Crippen molar-refractivity contribution in [1.82, 2.24) is 19.5 Å².